The third kappa shape index (κ3) is 3.20. The molecule has 0 N–H and O–H groups in total. The average Bonchev–Trinajstić information content (AvgIpc) is 2.91. The molecular weight excluding hydrogens is 422 g/mol. The molecule has 35 heavy (non-hydrogen) atoms. The van der Waals surface area contributed by atoms with Crippen LogP contribution in [0.15, 0.2) is 121 Å². The van der Waals surface area contributed by atoms with Gasteiger partial charge in [-0.2, -0.15) is 0 Å². The van der Waals surface area contributed by atoms with Gasteiger partial charge in [0.2, 0.25) is 0 Å². The van der Waals surface area contributed by atoms with Crippen LogP contribution in [-0.2, 0) is 0 Å². The monoisotopic (exact) mass is 445 g/mol. The zero-order chi connectivity index (χ0) is 23.4. The number of fused-ring (bicyclic) bond motifs is 6. The van der Waals surface area contributed by atoms with Crippen LogP contribution in [-0.4, -0.2) is 4.98 Å². The van der Waals surface area contributed by atoms with E-state index in [0.717, 1.165) is 11.0 Å². The lowest BCUT2D eigenvalue weighted by Crippen LogP contribution is -1.92. The maximum absolute atomic E-state index is 5.31. The van der Waals surface area contributed by atoms with E-state index in [1.54, 1.807) is 0 Å². The predicted octanol–water partition coefficient (Wildman–Crippen LogP) is 9.34. The molecule has 0 aliphatic rings. The van der Waals surface area contributed by atoms with Gasteiger partial charge in [0.15, 0.2) is 0 Å². The molecule has 0 atom stereocenters. The number of aryl methyl sites for hydroxylation is 1. The van der Waals surface area contributed by atoms with Gasteiger partial charge in [0.05, 0.1) is 11.0 Å². The van der Waals surface area contributed by atoms with E-state index >= 15 is 0 Å². The molecule has 0 bridgehead atoms. The molecule has 1 heteroatoms. The quantitative estimate of drug-likeness (QED) is 0.191. The molecule has 1 nitrogen and oxygen atoms in total. The summed E-state index contributed by atoms with van der Waals surface area (Å²) in [6.45, 7) is 2.15. The van der Waals surface area contributed by atoms with Crippen molar-refractivity contribution >= 4 is 43.4 Å². The summed E-state index contributed by atoms with van der Waals surface area (Å²) in [6, 6.07) is 43.7. The third-order valence-electron chi connectivity index (χ3n) is 7.07. The molecule has 7 aromatic rings. The van der Waals surface area contributed by atoms with Crippen molar-refractivity contribution in [1.29, 1.82) is 0 Å². The SMILES string of the molecule is Cc1cccc(-c2cccc(-c3c4ccc5ccccc5c4nc4c3ccc3ccccc34)c2)c1. The third-order valence-corrected chi connectivity index (χ3v) is 7.07. The number of benzene rings is 6. The summed E-state index contributed by atoms with van der Waals surface area (Å²) in [4.78, 5) is 5.31. The minimum atomic E-state index is 1.06. The van der Waals surface area contributed by atoms with Crippen molar-refractivity contribution in [2.24, 2.45) is 0 Å². The van der Waals surface area contributed by atoms with Crippen LogP contribution in [0.25, 0.3) is 65.6 Å². The first-order chi connectivity index (χ1) is 17.3. The second-order valence-electron chi connectivity index (χ2n) is 9.30. The van der Waals surface area contributed by atoms with E-state index in [1.165, 1.54) is 60.1 Å². The van der Waals surface area contributed by atoms with E-state index < -0.39 is 0 Å². The molecule has 0 saturated heterocycles. The molecule has 0 aliphatic heterocycles. The van der Waals surface area contributed by atoms with Gasteiger partial charge in [-0.1, -0.05) is 121 Å². The first kappa shape index (κ1) is 19.9. The van der Waals surface area contributed by atoms with Gasteiger partial charge in [0.1, 0.15) is 0 Å². The fraction of sp³-hybridized carbons (Fsp3) is 0.0294. The van der Waals surface area contributed by atoms with Crippen molar-refractivity contribution in [3.63, 3.8) is 0 Å². The highest BCUT2D eigenvalue weighted by atomic mass is 14.7. The van der Waals surface area contributed by atoms with E-state index in [0.29, 0.717) is 0 Å². The fourth-order valence-corrected chi connectivity index (χ4v) is 5.40. The van der Waals surface area contributed by atoms with Crippen LogP contribution in [0.5, 0.6) is 0 Å². The molecule has 1 aromatic heterocycles. The van der Waals surface area contributed by atoms with Crippen LogP contribution < -0.4 is 0 Å². The Labute approximate surface area is 204 Å². The van der Waals surface area contributed by atoms with E-state index in [4.69, 9.17) is 4.98 Å². The largest absolute Gasteiger partial charge is 0.246 e. The summed E-state index contributed by atoms with van der Waals surface area (Å²) in [5, 5.41) is 7.19. The van der Waals surface area contributed by atoms with Crippen molar-refractivity contribution in [3.8, 4) is 22.3 Å². The lowest BCUT2D eigenvalue weighted by molar-refractivity contribution is 1.47. The Morgan fingerprint density at radius 2 is 0.971 bits per heavy atom. The molecule has 0 saturated carbocycles. The molecule has 0 radical (unpaired) electrons. The second-order valence-corrected chi connectivity index (χ2v) is 9.30. The lowest BCUT2D eigenvalue weighted by Gasteiger charge is -2.15. The number of rotatable bonds is 2. The Kier molecular flexibility index (Phi) is 4.43. The van der Waals surface area contributed by atoms with Gasteiger partial charge in [-0.05, 0) is 40.5 Å². The lowest BCUT2D eigenvalue weighted by atomic mass is 9.91. The van der Waals surface area contributed by atoms with Crippen LogP contribution in [0.3, 0.4) is 0 Å². The van der Waals surface area contributed by atoms with Crippen LogP contribution in [0.1, 0.15) is 5.56 Å². The summed E-state index contributed by atoms with van der Waals surface area (Å²) in [5.41, 5.74) is 8.32. The predicted molar refractivity (Wildman–Crippen MR) is 150 cm³/mol. The van der Waals surface area contributed by atoms with Crippen molar-refractivity contribution in [3.05, 3.63) is 127 Å². The fourth-order valence-electron chi connectivity index (χ4n) is 5.40. The van der Waals surface area contributed by atoms with Gasteiger partial charge in [0.25, 0.3) is 0 Å². The minimum Gasteiger partial charge on any atom is -0.246 e. The first-order valence-electron chi connectivity index (χ1n) is 12.1. The summed E-state index contributed by atoms with van der Waals surface area (Å²) >= 11 is 0. The Hall–Kier alpha value is -4.49. The highest BCUT2D eigenvalue weighted by Crippen LogP contribution is 2.40. The van der Waals surface area contributed by atoms with Crippen LogP contribution in [0.4, 0.5) is 0 Å². The van der Waals surface area contributed by atoms with Gasteiger partial charge >= 0.3 is 0 Å². The number of hydrogen-bond donors (Lipinski definition) is 0. The van der Waals surface area contributed by atoms with Crippen LogP contribution in [0, 0.1) is 6.92 Å². The Bertz CT molecular complexity index is 1820. The highest BCUT2D eigenvalue weighted by molar-refractivity contribution is 6.21. The number of aromatic nitrogens is 1. The Morgan fingerprint density at radius 1 is 0.429 bits per heavy atom. The van der Waals surface area contributed by atoms with Crippen LogP contribution >= 0.6 is 0 Å². The van der Waals surface area contributed by atoms with E-state index in [1.807, 2.05) is 0 Å². The van der Waals surface area contributed by atoms with E-state index in [9.17, 15) is 0 Å². The first-order valence-corrected chi connectivity index (χ1v) is 12.1. The molecule has 0 fully saturated rings. The number of pyridine rings is 1. The van der Waals surface area contributed by atoms with Gasteiger partial charge in [0, 0.05) is 27.1 Å². The van der Waals surface area contributed by atoms with Gasteiger partial charge < -0.3 is 0 Å². The maximum atomic E-state index is 5.31. The Morgan fingerprint density at radius 3 is 1.60 bits per heavy atom. The van der Waals surface area contributed by atoms with E-state index in [-0.39, 0.29) is 0 Å². The van der Waals surface area contributed by atoms with Crippen molar-refractivity contribution < 1.29 is 0 Å². The second kappa shape index (κ2) is 7.78. The zero-order valence-corrected chi connectivity index (χ0v) is 19.5. The molecule has 1 heterocycles. The van der Waals surface area contributed by atoms with Crippen molar-refractivity contribution in [2.45, 2.75) is 6.92 Å². The highest BCUT2D eigenvalue weighted by Gasteiger charge is 2.15. The maximum Gasteiger partial charge on any atom is 0.0794 e. The topological polar surface area (TPSA) is 12.9 Å². The van der Waals surface area contributed by atoms with Gasteiger partial charge in [-0.15, -0.1) is 0 Å². The zero-order valence-electron chi connectivity index (χ0n) is 19.5. The summed E-state index contributed by atoms with van der Waals surface area (Å²) in [7, 11) is 0. The van der Waals surface area contributed by atoms with Crippen molar-refractivity contribution in [2.75, 3.05) is 0 Å². The number of nitrogens with zero attached hydrogens (tertiary/aromatic N) is 1. The Balaban J connectivity index is 1.63. The molecule has 0 amide bonds. The van der Waals surface area contributed by atoms with Gasteiger partial charge in [-0.25, -0.2) is 4.98 Å². The molecule has 0 aliphatic carbocycles. The average molecular weight is 446 g/mol. The molecule has 164 valence electrons. The van der Waals surface area contributed by atoms with Gasteiger partial charge in [-0.3, -0.25) is 0 Å². The minimum absolute atomic E-state index is 1.06. The molecule has 0 spiro atoms. The van der Waals surface area contributed by atoms with Crippen LogP contribution in [0.2, 0.25) is 0 Å². The molecule has 7 rings (SSSR count). The number of hydrogen-bond acceptors (Lipinski definition) is 1. The molecule has 6 aromatic carbocycles. The summed E-state index contributed by atoms with van der Waals surface area (Å²) in [6.07, 6.45) is 0. The molecule has 0 unspecified atom stereocenters. The smallest absolute Gasteiger partial charge is 0.0794 e. The standard InChI is InChI=1S/C34H23N/c1-22-8-6-11-25(20-22)26-12-7-13-27(21-26)32-30-18-16-23-9-2-4-14-28(23)33(30)35-34-29-15-5-3-10-24(29)17-19-31(32)34/h2-21H,1H3. The van der Waals surface area contributed by atoms with E-state index in [2.05, 4.69) is 128 Å². The summed E-state index contributed by atoms with van der Waals surface area (Å²) < 4.78 is 0. The summed E-state index contributed by atoms with van der Waals surface area (Å²) in [5.74, 6) is 0. The molecular formula is C34H23N. The van der Waals surface area contributed by atoms with Crippen molar-refractivity contribution in [1.82, 2.24) is 4.98 Å². The normalized spacial score (nSPS) is 11.6.